The van der Waals surface area contributed by atoms with E-state index in [1.165, 1.54) is 14.2 Å². The SMILES string of the molecule is COP(=O)(OC)C(Nc1ccccc1)c1cccc(Br)c1. The number of anilines is 1. The molecular weight excluding hydrogens is 353 g/mol. The first-order chi connectivity index (χ1) is 10.1. The number of benzene rings is 2. The van der Waals surface area contributed by atoms with E-state index in [4.69, 9.17) is 9.05 Å². The number of hydrogen-bond donors (Lipinski definition) is 1. The third kappa shape index (κ3) is 3.95. The maximum Gasteiger partial charge on any atom is 0.356 e. The first kappa shape index (κ1) is 16.2. The molecule has 2 rings (SSSR count). The standard InChI is InChI=1S/C15H17BrNO3P/c1-19-21(18,20-2)15(12-7-6-8-13(16)11-12)17-14-9-4-3-5-10-14/h3-11,15,17H,1-2H3. The lowest BCUT2D eigenvalue weighted by Crippen LogP contribution is -2.13. The lowest BCUT2D eigenvalue weighted by molar-refractivity contribution is 0.268. The smallest absolute Gasteiger partial charge is 0.356 e. The van der Waals surface area contributed by atoms with Crippen LogP contribution in [0.2, 0.25) is 0 Å². The Hall–Kier alpha value is -1.13. The Balaban J connectivity index is 2.42. The molecule has 112 valence electrons. The van der Waals surface area contributed by atoms with Crippen molar-refractivity contribution in [2.24, 2.45) is 0 Å². The summed E-state index contributed by atoms with van der Waals surface area (Å²) in [5.41, 5.74) is 1.66. The zero-order valence-electron chi connectivity index (χ0n) is 11.8. The Morgan fingerprint density at radius 1 is 1.05 bits per heavy atom. The van der Waals surface area contributed by atoms with Gasteiger partial charge in [0.15, 0.2) is 5.78 Å². The van der Waals surface area contributed by atoms with Crippen molar-refractivity contribution >= 4 is 29.2 Å². The van der Waals surface area contributed by atoms with Gasteiger partial charge in [0, 0.05) is 24.4 Å². The van der Waals surface area contributed by atoms with E-state index in [0.29, 0.717) is 0 Å². The summed E-state index contributed by atoms with van der Waals surface area (Å²) in [4.78, 5) is 0. The fourth-order valence-electron chi connectivity index (χ4n) is 2.00. The molecule has 1 N–H and O–H groups in total. The van der Waals surface area contributed by atoms with Crippen LogP contribution in [-0.4, -0.2) is 14.2 Å². The van der Waals surface area contributed by atoms with Gasteiger partial charge in [-0.25, -0.2) is 0 Å². The van der Waals surface area contributed by atoms with Gasteiger partial charge in [0.1, 0.15) is 0 Å². The molecule has 1 unspecified atom stereocenters. The minimum Gasteiger partial charge on any atom is -0.368 e. The van der Waals surface area contributed by atoms with Crippen LogP contribution in [0.3, 0.4) is 0 Å². The summed E-state index contributed by atoms with van der Waals surface area (Å²) in [6.45, 7) is 0. The molecule has 1 atom stereocenters. The summed E-state index contributed by atoms with van der Waals surface area (Å²) < 4.78 is 24.1. The molecule has 0 spiro atoms. The van der Waals surface area contributed by atoms with Crippen molar-refractivity contribution in [3.63, 3.8) is 0 Å². The number of halogens is 1. The van der Waals surface area contributed by atoms with Gasteiger partial charge in [0.25, 0.3) is 0 Å². The van der Waals surface area contributed by atoms with Crippen LogP contribution in [0.15, 0.2) is 59.1 Å². The average molecular weight is 370 g/mol. The molecule has 0 radical (unpaired) electrons. The Kier molecular flexibility index (Phi) is 5.59. The van der Waals surface area contributed by atoms with E-state index in [-0.39, 0.29) is 0 Å². The first-order valence-corrected chi connectivity index (χ1v) is 8.78. The van der Waals surface area contributed by atoms with Crippen molar-refractivity contribution in [2.45, 2.75) is 5.78 Å². The molecule has 0 aliphatic carbocycles. The summed E-state index contributed by atoms with van der Waals surface area (Å²) >= 11 is 3.43. The van der Waals surface area contributed by atoms with Gasteiger partial charge in [-0.05, 0) is 29.8 Å². The Morgan fingerprint density at radius 2 is 1.71 bits per heavy atom. The lowest BCUT2D eigenvalue weighted by atomic mass is 10.2. The van der Waals surface area contributed by atoms with Crippen molar-refractivity contribution < 1.29 is 13.6 Å². The minimum atomic E-state index is -3.33. The summed E-state index contributed by atoms with van der Waals surface area (Å²) in [5, 5.41) is 3.23. The largest absolute Gasteiger partial charge is 0.368 e. The number of para-hydroxylation sites is 1. The van der Waals surface area contributed by atoms with Crippen LogP contribution in [0.5, 0.6) is 0 Å². The highest BCUT2D eigenvalue weighted by Crippen LogP contribution is 2.59. The van der Waals surface area contributed by atoms with Crippen molar-refractivity contribution in [1.29, 1.82) is 0 Å². The predicted molar refractivity (Wildman–Crippen MR) is 88.6 cm³/mol. The first-order valence-electron chi connectivity index (χ1n) is 6.37. The van der Waals surface area contributed by atoms with Gasteiger partial charge >= 0.3 is 7.60 Å². The Bertz CT molecular complexity index is 628. The van der Waals surface area contributed by atoms with E-state index in [2.05, 4.69) is 21.2 Å². The van der Waals surface area contributed by atoms with E-state index in [0.717, 1.165) is 15.7 Å². The summed E-state index contributed by atoms with van der Waals surface area (Å²) in [5.74, 6) is -0.590. The number of nitrogens with one attached hydrogen (secondary N) is 1. The van der Waals surface area contributed by atoms with E-state index >= 15 is 0 Å². The van der Waals surface area contributed by atoms with Gasteiger partial charge in [0.05, 0.1) is 0 Å². The topological polar surface area (TPSA) is 47.6 Å². The number of hydrogen-bond acceptors (Lipinski definition) is 4. The molecule has 0 aromatic heterocycles. The van der Waals surface area contributed by atoms with Crippen LogP contribution < -0.4 is 5.32 Å². The van der Waals surface area contributed by atoms with Crippen LogP contribution in [0, 0.1) is 0 Å². The van der Waals surface area contributed by atoms with Gasteiger partial charge in [-0.3, -0.25) is 4.57 Å². The molecule has 0 amide bonds. The molecule has 2 aromatic rings. The Morgan fingerprint density at radius 3 is 2.29 bits per heavy atom. The molecule has 0 aliphatic rings. The zero-order valence-corrected chi connectivity index (χ0v) is 14.3. The number of rotatable bonds is 6. The van der Waals surface area contributed by atoms with Crippen molar-refractivity contribution in [1.82, 2.24) is 0 Å². The third-order valence-electron chi connectivity index (χ3n) is 3.07. The second kappa shape index (κ2) is 7.23. The van der Waals surface area contributed by atoms with E-state index < -0.39 is 13.4 Å². The van der Waals surface area contributed by atoms with Crippen LogP contribution in [-0.2, 0) is 13.6 Å². The summed E-state index contributed by atoms with van der Waals surface area (Å²) in [7, 11) is -0.549. The molecular formula is C15H17BrNO3P. The van der Waals surface area contributed by atoms with Crippen LogP contribution in [0.4, 0.5) is 5.69 Å². The fourth-order valence-corrected chi connectivity index (χ4v) is 3.82. The zero-order chi connectivity index (χ0) is 15.3. The van der Waals surface area contributed by atoms with Gasteiger partial charge in [-0.1, -0.05) is 46.3 Å². The van der Waals surface area contributed by atoms with Crippen LogP contribution >= 0.6 is 23.5 Å². The lowest BCUT2D eigenvalue weighted by Gasteiger charge is -2.26. The quantitative estimate of drug-likeness (QED) is 0.724. The molecule has 2 aromatic carbocycles. The second-order valence-corrected chi connectivity index (χ2v) is 7.61. The van der Waals surface area contributed by atoms with Crippen LogP contribution in [0.25, 0.3) is 0 Å². The molecule has 0 bridgehead atoms. The highest BCUT2D eigenvalue weighted by Gasteiger charge is 2.35. The van der Waals surface area contributed by atoms with Crippen molar-refractivity contribution in [3.05, 3.63) is 64.6 Å². The maximum atomic E-state index is 12.8. The highest BCUT2D eigenvalue weighted by atomic mass is 79.9. The van der Waals surface area contributed by atoms with Crippen molar-refractivity contribution in [2.75, 3.05) is 19.5 Å². The molecule has 4 nitrogen and oxygen atoms in total. The molecule has 6 heteroatoms. The summed E-state index contributed by atoms with van der Waals surface area (Å²) in [6.07, 6.45) is 0. The monoisotopic (exact) mass is 369 g/mol. The van der Waals surface area contributed by atoms with Gasteiger partial charge in [0.2, 0.25) is 0 Å². The summed E-state index contributed by atoms with van der Waals surface area (Å²) in [6, 6.07) is 17.1. The van der Waals surface area contributed by atoms with Gasteiger partial charge in [-0.15, -0.1) is 0 Å². The molecule has 0 heterocycles. The Labute approximate surface area is 133 Å². The third-order valence-corrected chi connectivity index (χ3v) is 5.64. The minimum absolute atomic E-state index is 0.590. The molecule has 0 aliphatic heterocycles. The second-order valence-electron chi connectivity index (χ2n) is 4.37. The maximum absolute atomic E-state index is 12.8. The van der Waals surface area contributed by atoms with Gasteiger partial charge < -0.3 is 14.4 Å². The van der Waals surface area contributed by atoms with Crippen molar-refractivity contribution in [3.8, 4) is 0 Å². The van der Waals surface area contributed by atoms with Crippen LogP contribution in [0.1, 0.15) is 11.3 Å². The average Bonchev–Trinajstić information content (AvgIpc) is 2.53. The normalized spacial score (nSPS) is 12.9. The van der Waals surface area contributed by atoms with E-state index in [1.54, 1.807) is 0 Å². The van der Waals surface area contributed by atoms with Gasteiger partial charge in [-0.2, -0.15) is 0 Å². The molecule has 21 heavy (non-hydrogen) atoms. The van der Waals surface area contributed by atoms with E-state index in [9.17, 15) is 4.57 Å². The van der Waals surface area contributed by atoms with E-state index in [1.807, 2.05) is 54.6 Å². The fraction of sp³-hybridized carbons (Fsp3) is 0.200. The molecule has 0 saturated carbocycles. The predicted octanol–water partition coefficient (Wildman–Crippen LogP) is 5.05. The molecule has 0 fully saturated rings. The molecule has 0 saturated heterocycles. The highest BCUT2D eigenvalue weighted by molar-refractivity contribution is 9.10.